The van der Waals surface area contributed by atoms with Crippen molar-refractivity contribution in [3.8, 4) is 0 Å². The average molecular weight is 270 g/mol. The summed E-state index contributed by atoms with van der Waals surface area (Å²) in [5.74, 6) is -0.262. The molecule has 0 unspecified atom stereocenters. The predicted molar refractivity (Wildman–Crippen MR) is 60.1 cm³/mol. The molecule has 0 bridgehead atoms. The summed E-state index contributed by atoms with van der Waals surface area (Å²) < 4.78 is 19.1. The molecule has 0 saturated carbocycles. The fourth-order valence-corrected chi connectivity index (χ4v) is 1.58. The number of nitrogens with one attached hydrogen (secondary N) is 1. The van der Waals surface area contributed by atoms with Crippen LogP contribution < -0.4 is 5.32 Å². The summed E-state index contributed by atoms with van der Waals surface area (Å²) in [6.45, 7) is 0.546. The minimum absolute atomic E-state index is 0.262. The Morgan fingerprint density at radius 1 is 1.33 bits per heavy atom. The van der Waals surface area contributed by atoms with Crippen LogP contribution in [0.3, 0.4) is 0 Å². The molecule has 2 nitrogen and oxygen atoms in total. The molecule has 0 amide bonds. The van der Waals surface area contributed by atoms with Crippen LogP contribution >= 0.6 is 15.9 Å². The molecule has 0 radical (unpaired) electrons. The Morgan fingerprint density at radius 3 is 2.93 bits per heavy atom. The van der Waals surface area contributed by atoms with Crippen LogP contribution in [-0.4, -0.2) is 0 Å². The van der Waals surface area contributed by atoms with E-state index >= 15 is 0 Å². The van der Waals surface area contributed by atoms with Gasteiger partial charge in [-0.15, -0.1) is 0 Å². The highest BCUT2D eigenvalue weighted by Gasteiger charge is 2.02. The fraction of sp³-hybridized carbons (Fsp3) is 0.0909. The standard InChI is InChI=1S/C11H9BrFNO/c12-9-1-2-10(13)11(5-9)14-6-8-3-4-15-7-8/h1-5,7,14H,6H2. The van der Waals surface area contributed by atoms with Crippen LogP contribution in [-0.2, 0) is 6.54 Å². The van der Waals surface area contributed by atoms with E-state index in [-0.39, 0.29) is 5.82 Å². The maximum atomic E-state index is 13.3. The number of anilines is 1. The molecule has 15 heavy (non-hydrogen) atoms. The minimum atomic E-state index is -0.262. The smallest absolute Gasteiger partial charge is 0.146 e. The first-order chi connectivity index (χ1) is 7.25. The Hall–Kier alpha value is -1.29. The van der Waals surface area contributed by atoms with Gasteiger partial charge in [0.2, 0.25) is 0 Å². The molecule has 1 heterocycles. The van der Waals surface area contributed by atoms with Crippen LogP contribution in [0.1, 0.15) is 5.56 Å². The molecule has 1 N–H and O–H groups in total. The maximum absolute atomic E-state index is 13.3. The molecule has 0 fully saturated rings. The van der Waals surface area contributed by atoms with Gasteiger partial charge in [-0.1, -0.05) is 15.9 Å². The van der Waals surface area contributed by atoms with Crippen LogP contribution in [0.15, 0.2) is 45.7 Å². The van der Waals surface area contributed by atoms with Gasteiger partial charge in [0.15, 0.2) is 0 Å². The molecule has 0 aliphatic heterocycles. The Morgan fingerprint density at radius 2 is 2.20 bits per heavy atom. The predicted octanol–water partition coefficient (Wildman–Crippen LogP) is 3.79. The largest absolute Gasteiger partial charge is 0.472 e. The van der Waals surface area contributed by atoms with Crippen molar-refractivity contribution in [3.63, 3.8) is 0 Å². The van der Waals surface area contributed by atoms with Crippen LogP contribution in [0.25, 0.3) is 0 Å². The maximum Gasteiger partial charge on any atom is 0.146 e. The summed E-state index contributed by atoms with van der Waals surface area (Å²) in [5, 5.41) is 2.99. The van der Waals surface area contributed by atoms with Crippen molar-refractivity contribution in [2.75, 3.05) is 5.32 Å². The molecule has 2 aromatic rings. The van der Waals surface area contributed by atoms with E-state index < -0.39 is 0 Å². The summed E-state index contributed by atoms with van der Waals surface area (Å²) >= 11 is 3.29. The lowest BCUT2D eigenvalue weighted by Gasteiger charge is -2.06. The van der Waals surface area contributed by atoms with Crippen molar-refractivity contribution < 1.29 is 8.81 Å². The number of benzene rings is 1. The van der Waals surface area contributed by atoms with E-state index in [0.29, 0.717) is 12.2 Å². The third kappa shape index (κ3) is 2.59. The van der Waals surface area contributed by atoms with Crippen molar-refractivity contribution in [1.29, 1.82) is 0 Å². The van der Waals surface area contributed by atoms with E-state index in [0.717, 1.165) is 10.0 Å². The van der Waals surface area contributed by atoms with Gasteiger partial charge in [0, 0.05) is 16.6 Å². The van der Waals surface area contributed by atoms with Crippen molar-refractivity contribution in [2.24, 2.45) is 0 Å². The molecule has 0 atom stereocenters. The molecule has 1 aromatic heterocycles. The van der Waals surface area contributed by atoms with Crippen molar-refractivity contribution in [3.05, 3.63) is 52.6 Å². The summed E-state index contributed by atoms with van der Waals surface area (Å²) in [6.07, 6.45) is 3.22. The highest BCUT2D eigenvalue weighted by Crippen LogP contribution is 2.20. The Bertz CT molecular complexity index is 442. The summed E-state index contributed by atoms with van der Waals surface area (Å²) in [4.78, 5) is 0. The molecule has 4 heteroatoms. The van der Waals surface area contributed by atoms with Crippen LogP contribution in [0.5, 0.6) is 0 Å². The Kier molecular flexibility index (Phi) is 3.06. The lowest BCUT2D eigenvalue weighted by molar-refractivity contribution is 0.564. The zero-order chi connectivity index (χ0) is 10.7. The Labute approximate surface area is 95.2 Å². The second-order valence-corrected chi connectivity index (χ2v) is 4.02. The van der Waals surface area contributed by atoms with Gasteiger partial charge in [0.1, 0.15) is 5.82 Å². The molecule has 0 aliphatic rings. The SMILES string of the molecule is Fc1ccc(Br)cc1NCc1ccoc1. The van der Waals surface area contributed by atoms with Gasteiger partial charge in [0.25, 0.3) is 0 Å². The van der Waals surface area contributed by atoms with E-state index in [4.69, 9.17) is 4.42 Å². The van der Waals surface area contributed by atoms with Crippen LogP contribution in [0.4, 0.5) is 10.1 Å². The van der Waals surface area contributed by atoms with Crippen molar-refractivity contribution in [1.82, 2.24) is 0 Å². The number of hydrogen-bond acceptors (Lipinski definition) is 2. The van der Waals surface area contributed by atoms with Crippen molar-refractivity contribution in [2.45, 2.75) is 6.54 Å². The van der Waals surface area contributed by atoms with E-state index in [1.54, 1.807) is 24.7 Å². The van der Waals surface area contributed by atoms with Gasteiger partial charge in [-0.05, 0) is 24.3 Å². The molecular weight excluding hydrogens is 261 g/mol. The molecule has 1 aromatic carbocycles. The normalized spacial score (nSPS) is 10.3. The second kappa shape index (κ2) is 4.49. The highest BCUT2D eigenvalue weighted by molar-refractivity contribution is 9.10. The highest BCUT2D eigenvalue weighted by atomic mass is 79.9. The lowest BCUT2D eigenvalue weighted by Crippen LogP contribution is -2.00. The number of furan rings is 1. The third-order valence-electron chi connectivity index (χ3n) is 1.99. The Balaban J connectivity index is 2.07. The van der Waals surface area contributed by atoms with Gasteiger partial charge in [-0.25, -0.2) is 4.39 Å². The quantitative estimate of drug-likeness (QED) is 0.917. The van der Waals surface area contributed by atoms with Crippen LogP contribution in [0.2, 0.25) is 0 Å². The first kappa shape index (κ1) is 10.2. The third-order valence-corrected chi connectivity index (χ3v) is 2.48. The molecule has 2 rings (SSSR count). The van der Waals surface area contributed by atoms with Crippen LogP contribution in [0, 0.1) is 5.82 Å². The average Bonchev–Trinajstić information content (AvgIpc) is 2.72. The summed E-state index contributed by atoms with van der Waals surface area (Å²) in [6, 6.07) is 6.62. The number of hydrogen-bond donors (Lipinski definition) is 1. The topological polar surface area (TPSA) is 25.2 Å². The van der Waals surface area contributed by atoms with Gasteiger partial charge in [-0.3, -0.25) is 0 Å². The van der Waals surface area contributed by atoms with Gasteiger partial charge in [-0.2, -0.15) is 0 Å². The zero-order valence-electron chi connectivity index (χ0n) is 7.84. The van der Waals surface area contributed by atoms with E-state index in [2.05, 4.69) is 21.2 Å². The van der Waals surface area contributed by atoms with E-state index in [9.17, 15) is 4.39 Å². The first-order valence-corrected chi connectivity index (χ1v) is 5.25. The summed E-state index contributed by atoms with van der Waals surface area (Å²) in [7, 11) is 0. The number of halogens is 2. The van der Waals surface area contributed by atoms with E-state index in [1.807, 2.05) is 6.07 Å². The molecular formula is C11H9BrFNO. The summed E-state index contributed by atoms with van der Waals surface area (Å²) in [5.41, 5.74) is 1.46. The molecule has 0 spiro atoms. The second-order valence-electron chi connectivity index (χ2n) is 3.11. The lowest BCUT2D eigenvalue weighted by atomic mass is 10.3. The monoisotopic (exact) mass is 269 g/mol. The molecule has 0 aliphatic carbocycles. The van der Waals surface area contributed by atoms with Gasteiger partial charge >= 0.3 is 0 Å². The van der Waals surface area contributed by atoms with Gasteiger partial charge in [0.05, 0.1) is 18.2 Å². The number of rotatable bonds is 3. The van der Waals surface area contributed by atoms with Crippen molar-refractivity contribution >= 4 is 21.6 Å². The minimum Gasteiger partial charge on any atom is -0.472 e. The van der Waals surface area contributed by atoms with Gasteiger partial charge < -0.3 is 9.73 Å². The first-order valence-electron chi connectivity index (χ1n) is 4.46. The molecule has 0 saturated heterocycles. The fourth-order valence-electron chi connectivity index (χ4n) is 1.22. The zero-order valence-corrected chi connectivity index (χ0v) is 9.42. The molecule has 78 valence electrons. The van der Waals surface area contributed by atoms with E-state index in [1.165, 1.54) is 6.07 Å².